The zero-order chi connectivity index (χ0) is 9.26. The first-order valence-corrected chi connectivity index (χ1v) is 5.54. The lowest BCUT2D eigenvalue weighted by Gasteiger charge is -1.87. The normalized spacial score (nSPS) is 10.9. The van der Waals surface area contributed by atoms with Gasteiger partial charge in [-0.25, -0.2) is 4.98 Å². The molecule has 0 fully saturated rings. The van der Waals surface area contributed by atoms with Crippen LogP contribution in [0.3, 0.4) is 0 Å². The molecule has 0 radical (unpaired) electrons. The molecule has 13 heavy (non-hydrogen) atoms. The molecular formula is C10H10ClNS. The number of hydrogen-bond acceptors (Lipinski definition) is 2. The van der Waals surface area contributed by atoms with Gasteiger partial charge in [-0.1, -0.05) is 24.9 Å². The zero-order valence-electron chi connectivity index (χ0n) is 7.38. The quantitative estimate of drug-likeness (QED) is 0.687. The fourth-order valence-corrected chi connectivity index (χ4v) is 2.64. The summed E-state index contributed by atoms with van der Waals surface area (Å²) in [6.45, 7) is 2.19. The summed E-state index contributed by atoms with van der Waals surface area (Å²) in [6, 6.07) is 6.07. The smallest absolute Gasteiger partial charge is 0.130 e. The number of aryl methyl sites for hydroxylation is 1. The molecule has 0 bridgehead atoms. The summed E-state index contributed by atoms with van der Waals surface area (Å²) in [4.78, 5) is 6.71. The molecule has 0 saturated heterocycles. The minimum Gasteiger partial charge on any atom is -0.225 e. The van der Waals surface area contributed by atoms with E-state index < -0.39 is 0 Å². The molecule has 0 aliphatic heterocycles. The van der Waals surface area contributed by atoms with Gasteiger partial charge in [0.1, 0.15) is 9.98 Å². The van der Waals surface area contributed by atoms with Crippen molar-refractivity contribution in [2.24, 2.45) is 0 Å². The third kappa shape index (κ3) is 1.84. The molecule has 0 aliphatic carbocycles. The van der Waals surface area contributed by atoms with Gasteiger partial charge in [0.15, 0.2) is 0 Å². The van der Waals surface area contributed by atoms with Crippen LogP contribution in [0.4, 0.5) is 0 Å². The average molecular weight is 212 g/mol. The van der Waals surface area contributed by atoms with E-state index in [0.717, 1.165) is 11.3 Å². The number of pyridine rings is 1. The fourth-order valence-electron chi connectivity index (χ4n) is 1.32. The van der Waals surface area contributed by atoms with Crippen molar-refractivity contribution in [2.75, 3.05) is 0 Å². The van der Waals surface area contributed by atoms with Crippen LogP contribution in [0.15, 0.2) is 18.2 Å². The minimum atomic E-state index is 0.581. The van der Waals surface area contributed by atoms with Crippen LogP contribution in [-0.4, -0.2) is 4.98 Å². The van der Waals surface area contributed by atoms with Crippen LogP contribution in [0, 0.1) is 0 Å². The molecule has 0 atom stereocenters. The van der Waals surface area contributed by atoms with Crippen LogP contribution in [0.5, 0.6) is 0 Å². The summed E-state index contributed by atoms with van der Waals surface area (Å²) in [6.07, 6.45) is 2.32. The first-order chi connectivity index (χ1) is 6.29. The minimum absolute atomic E-state index is 0.581. The third-order valence-electron chi connectivity index (χ3n) is 1.90. The summed E-state index contributed by atoms with van der Waals surface area (Å²) in [7, 11) is 0. The second kappa shape index (κ2) is 3.64. The summed E-state index contributed by atoms with van der Waals surface area (Å²) in [5.41, 5.74) is 0. The van der Waals surface area contributed by atoms with Crippen molar-refractivity contribution in [2.45, 2.75) is 19.8 Å². The largest absolute Gasteiger partial charge is 0.225 e. The standard InChI is InChI=1S/C10H10ClNS/c1-2-3-8-6-7-4-5-9(11)12-10(7)13-8/h4-6H,2-3H2,1H3. The second-order valence-electron chi connectivity index (χ2n) is 2.99. The highest BCUT2D eigenvalue weighted by molar-refractivity contribution is 7.18. The van der Waals surface area contributed by atoms with Gasteiger partial charge in [-0.15, -0.1) is 11.3 Å². The predicted octanol–water partition coefficient (Wildman–Crippen LogP) is 3.90. The lowest BCUT2D eigenvalue weighted by molar-refractivity contribution is 0.941. The second-order valence-corrected chi connectivity index (χ2v) is 4.49. The van der Waals surface area contributed by atoms with Crippen LogP contribution in [0.1, 0.15) is 18.2 Å². The lowest BCUT2D eigenvalue weighted by Crippen LogP contribution is -1.72. The Balaban J connectivity index is 2.49. The van der Waals surface area contributed by atoms with E-state index in [1.165, 1.54) is 16.7 Å². The number of aromatic nitrogens is 1. The molecular weight excluding hydrogens is 202 g/mol. The lowest BCUT2D eigenvalue weighted by atomic mass is 10.2. The van der Waals surface area contributed by atoms with Gasteiger partial charge in [-0.05, 0) is 24.6 Å². The monoisotopic (exact) mass is 211 g/mol. The molecule has 2 rings (SSSR count). The Morgan fingerprint density at radius 3 is 3.08 bits per heavy atom. The highest BCUT2D eigenvalue weighted by Crippen LogP contribution is 2.26. The van der Waals surface area contributed by atoms with Crippen molar-refractivity contribution in [1.82, 2.24) is 4.98 Å². The molecule has 2 heterocycles. The number of thiophene rings is 1. The van der Waals surface area contributed by atoms with Crippen LogP contribution in [0.2, 0.25) is 5.15 Å². The number of hydrogen-bond donors (Lipinski definition) is 0. The van der Waals surface area contributed by atoms with Crippen LogP contribution in [0.25, 0.3) is 10.2 Å². The van der Waals surface area contributed by atoms with Gasteiger partial charge in [0.05, 0.1) is 0 Å². The van der Waals surface area contributed by atoms with E-state index >= 15 is 0 Å². The number of halogens is 1. The molecule has 3 heteroatoms. The van der Waals surface area contributed by atoms with E-state index in [1.54, 1.807) is 11.3 Å². The Kier molecular flexibility index (Phi) is 2.51. The molecule has 0 aliphatic rings. The van der Waals surface area contributed by atoms with Gasteiger partial charge in [0.2, 0.25) is 0 Å². The maximum absolute atomic E-state index is 5.80. The fraction of sp³-hybridized carbons (Fsp3) is 0.300. The van der Waals surface area contributed by atoms with Crippen LogP contribution < -0.4 is 0 Å². The number of rotatable bonds is 2. The molecule has 0 N–H and O–H groups in total. The Morgan fingerprint density at radius 2 is 2.31 bits per heavy atom. The van der Waals surface area contributed by atoms with Gasteiger partial charge in [0.25, 0.3) is 0 Å². The molecule has 2 aromatic heterocycles. The molecule has 0 unspecified atom stereocenters. The Labute approximate surface area is 86.4 Å². The summed E-state index contributed by atoms with van der Waals surface area (Å²) < 4.78 is 0. The van der Waals surface area contributed by atoms with Crippen LogP contribution >= 0.6 is 22.9 Å². The number of nitrogens with zero attached hydrogens (tertiary/aromatic N) is 1. The molecule has 2 aromatic rings. The molecule has 0 spiro atoms. The topological polar surface area (TPSA) is 12.9 Å². The third-order valence-corrected chi connectivity index (χ3v) is 3.21. The molecule has 68 valence electrons. The maximum Gasteiger partial charge on any atom is 0.130 e. The average Bonchev–Trinajstić information content (AvgIpc) is 2.46. The van der Waals surface area contributed by atoms with E-state index in [0.29, 0.717) is 5.15 Å². The van der Waals surface area contributed by atoms with E-state index in [1.807, 2.05) is 12.1 Å². The molecule has 0 amide bonds. The van der Waals surface area contributed by atoms with E-state index in [9.17, 15) is 0 Å². The predicted molar refractivity (Wildman–Crippen MR) is 58.6 cm³/mol. The maximum atomic E-state index is 5.80. The van der Waals surface area contributed by atoms with Gasteiger partial charge < -0.3 is 0 Å². The van der Waals surface area contributed by atoms with Crippen molar-refractivity contribution in [1.29, 1.82) is 0 Å². The molecule has 1 nitrogen and oxygen atoms in total. The highest BCUT2D eigenvalue weighted by Gasteiger charge is 2.02. The first-order valence-electron chi connectivity index (χ1n) is 4.34. The molecule has 0 aromatic carbocycles. The SMILES string of the molecule is CCCc1cc2ccc(Cl)nc2s1. The van der Waals surface area contributed by atoms with E-state index in [2.05, 4.69) is 18.0 Å². The zero-order valence-corrected chi connectivity index (χ0v) is 8.95. The van der Waals surface area contributed by atoms with Crippen molar-refractivity contribution >= 4 is 33.2 Å². The van der Waals surface area contributed by atoms with Gasteiger partial charge in [-0.2, -0.15) is 0 Å². The summed E-state index contributed by atoms with van der Waals surface area (Å²) in [5.74, 6) is 0. The van der Waals surface area contributed by atoms with Crippen molar-refractivity contribution in [3.05, 3.63) is 28.2 Å². The Morgan fingerprint density at radius 1 is 1.46 bits per heavy atom. The van der Waals surface area contributed by atoms with Crippen LogP contribution in [-0.2, 0) is 6.42 Å². The number of fused-ring (bicyclic) bond motifs is 1. The highest BCUT2D eigenvalue weighted by atomic mass is 35.5. The first kappa shape index (κ1) is 8.97. The van der Waals surface area contributed by atoms with Crippen molar-refractivity contribution < 1.29 is 0 Å². The van der Waals surface area contributed by atoms with E-state index in [4.69, 9.17) is 11.6 Å². The Bertz CT molecular complexity index is 422. The van der Waals surface area contributed by atoms with Gasteiger partial charge in [0, 0.05) is 10.3 Å². The van der Waals surface area contributed by atoms with E-state index in [-0.39, 0.29) is 0 Å². The van der Waals surface area contributed by atoms with Crippen molar-refractivity contribution in [3.8, 4) is 0 Å². The van der Waals surface area contributed by atoms with Crippen molar-refractivity contribution in [3.63, 3.8) is 0 Å². The summed E-state index contributed by atoms with van der Waals surface area (Å²) in [5, 5.41) is 1.79. The molecule has 0 saturated carbocycles. The van der Waals surface area contributed by atoms with Gasteiger partial charge in [-0.3, -0.25) is 0 Å². The van der Waals surface area contributed by atoms with Gasteiger partial charge >= 0.3 is 0 Å². The Hall–Kier alpha value is -0.600. The summed E-state index contributed by atoms with van der Waals surface area (Å²) >= 11 is 7.54.